The molecule has 7 heteroatoms. The average molecular weight is 516 g/mol. The Morgan fingerprint density at radius 3 is 2.38 bits per heavy atom. The van der Waals surface area contributed by atoms with Crippen LogP contribution in [0.15, 0.2) is 82.7 Å². The lowest BCUT2D eigenvalue weighted by Crippen LogP contribution is -2.22. The summed E-state index contributed by atoms with van der Waals surface area (Å²) < 4.78 is 26.1. The number of aromatic nitrogens is 2. The molecule has 0 spiro atoms. The molecule has 4 rings (SSSR count). The Labute approximate surface area is 181 Å². The Morgan fingerprint density at radius 1 is 0.897 bits per heavy atom. The van der Waals surface area contributed by atoms with E-state index in [2.05, 4.69) is 9.97 Å². The number of hydrogen-bond acceptors (Lipinski definition) is 4. The van der Waals surface area contributed by atoms with Gasteiger partial charge in [0.2, 0.25) is 15.0 Å². The van der Waals surface area contributed by atoms with Crippen molar-refractivity contribution in [3.05, 3.63) is 104 Å². The van der Waals surface area contributed by atoms with Crippen molar-refractivity contribution >= 4 is 43.2 Å². The second-order valence-corrected chi connectivity index (χ2v) is 9.68. The van der Waals surface area contributed by atoms with E-state index in [0.717, 1.165) is 16.3 Å². The maximum absolute atomic E-state index is 12.8. The van der Waals surface area contributed by atoms with Crippen molar-refractivity contribution in [1.29, 1.82) is 0 Å². The number of hydrogen-bond donors (Lipinski definition) is 1. The van der Waals surface area contributed by atoms with Crippen molar-refractivity contribution in [2.45, 2.75) is 17.3 Å². The average Bonchev–Trinajstić information content (AvgIpc) is 2.72. The summed E-state index contributed by atoms with van der Waals surface area (Å²) >= 11 is 1.92. The number of nitrogens with one attached hydrogen (secondary N) is 1. The molecule has 3 aromatic carbocycles. The predicted molar refractivity (Wildman–Crippen MR) is 122 cm³/mol. The van der Waals surface area contributed by atoms with Gasteiger partial charge in [-0.3, -0.25) is 9.78 Å². The molecule has 0 saturated carbocycles. The quantitative estimate of drug-likeness (QED) is 0.320. The first-order valence-electron chi connectivity index (χ1n) is 8.96. The molecule has 146 valence electrons. The summed E-state index contributed by atoms with van der Waals surface area (Å²) in [5.74, 6) is -0.217. The SMILES string of the molecule is O=c1[nH]c(S(=O)(=O)Cc2ccccc2)nc(Cc2cccc3ccccc23)c1I. The molecule has 0 unspecified atom stereocenters. The van der Waals surface area contributed by atoms with Gasteiger partial charge in [0.25, 0.3) is 5.56 Å². The van der Waals surface area contributed by atoms with Crippen LogP contribution < -0.4 is 5.56 Å². The molecule has 1 N–H and O–H groups in total. The third-order valence-electron chi connectivity index (χ3n) is 4.64. The van der Waals surface area contributed by atoms with E-state index in [0.29, 0.717) is 21.2 Å². The molecule has 0 bridgehead atoms. The normalized spacial score (nSPS) is 11.6. The molecule has 0 fully saturated rings. The summed E-state index contributed by atoms with van der Waals surface area (Å²) in [6.07, 6.45) is 0.372. The molecule has 0 amide bonds. The fourth-order valence-electron chi connectivity index (χ4n) is 3.24. The van der Waals surface area contributed by atoms with Crippen molar-refractivity contribution < 1.29 is 8.42 Å². The van der Waals surface area contributed by atoms with Crippen LogP contribution >= 0.6 is 22.6 Å². The summed E-state index contributed by atoms with van der Waals surface area (Å²) in [5, 5.41) is 1.85. The van der Waals surface area contributed by atoms with E-state index in [9.17, 15) is 13.2 Å². The van der Waals surface area contributed by atoms with Crippen LogP contribution in [0.3, 0.4) is 0 Å². The number of rotatable bonds is 5. The number of nitrogens with zero attached hydrogens (tertiary/aromatic N) is 1. The zero-order chi connectivity index (χ0) is 20.4. The monoisotopic (exact) mass is 516 g/mol. The number of H-pyrrole nitrogens is 1. The van der Waals surface area contributed by atoms with Gasteiger partial charge in [0, 0.05) is 6.42 Å². The maximum Gasteiger partial charge on any atom is 0.265 e. The zero-order valence-corrected chi connectivity index (χ0v) is 18.3. The maximum atomic E-state index is 12.8. The highest BCUT2D eigenvalue weighted by atomic mass is 127. The number of aromatic amines is 1. The van der Waals surface area contributed by atoms with Gasteiger partial charge in [-0.25, -0.2) is 13.4 Å². The van der Waals surface area contributed by atoms with Gasteiger partial charge in [-0.05, 0) is 44.5 Å². The van der Waals surface area contributed by atoms with Crippen molar-refractivity contribution in [3.63, 3.8) is 0 Å². The van der Waals surface area contributed by atoms with Gasteiger partial charge in [-0.2, -0.15) is 0 Å². The molecule has 4 aromatic rings. The van der Waals surface area contributed by atoms with Gasteiger partial charge in [0.1, 0.15) is 3.57 Å². The summed E-state index contributed by atoms with van der Waals surface area (Å²) in [6.45, 7) is 0. The van der Waals surface area contributed by atoms with Gasteiger partial charge in [-0.1, -0.05) is 72.8 Å². The number of sulfone groups is 1. The van der Waals surface area contributed by atoms with Crippen LogP contribution in [0.2, 0.25) is 0 Å². The van der Waals surface area contributed by atoms with E-state index in [1.807, 2.05) is 71.1 Å². The molecule has 0 saturated heterocycles. The molecule has 0 radical (unpaired) electrons. The predicted octanol–water partition coefficient (Wildman–Crippen LogP) is 4.09. The second kappa shape index (κ2) is 8.08. The minimum Gasteiger partial charge on any atom is -0.296 e. The Balaban J connectivity index is 1.75. The van der Waals surface area contributed by atoms with Gasteiger partial charge in [0.05, 0.1) is 11.4 Å². The number of benzene rings is 3. The van der Waals surface area contributed by atoms with Crippen molar-refractivity contribution in [2.75, 3.05) is 0 Å². The molecule has 0 aliphatic heterocycles. The van der Waals surface area contributed by atoms with Crippen LogP contribution in [0.25, 0.3) is 10.8 Å². The highest BCUT2D eigenvalue weighted by molar-refractivity contribution is 14.1. The van der Waals surface area contributed by atoms with E-state index in [1.165, 1.54) is 0 Å². The number of fused-ring (bicyclic) bond motifs is 1. The molecule has 0 atom stereocenters. The van der Waals surface area contributed by atoms with Gasteiger partial charge in [-0.15, -0.1) is 0 Å². The van der Waals surface area contributed by atoms with Crippen LogP contribution in [0.5, 0.6) is 0 Å². The van der Waals surface area contributed by atoms with Crippen LogP contribution in [0, 0.1) is 3.57 Å². The first kappa shape index (κ1) is 19.8. The van der Waals surface area contributed by atoms with Crippen molar-refractivity contribution in [3.8, 4) is 0 Å². The molecule has 0 aliphatic carbocycles. The van der Waals surface area contributed by atoms with Crippen molar-refractivity contribution in [1.82, 2.24) is 9.97 Å². The van der Waals surface area contributed by atoms with Gasteiger partial charge < -0.3 is 0 Å². The highest BCUT2D eigenvalue weighted by Gasteiger charge is 2.21. The first-order chi connectivity index (χ1) is 13.9. The minimum absolute atomic E-state index is 0.217. The Kier molecular flexibility index (Phi) is 5.51. The van der Waals surface area contributed by atoms with Gasteiger partial charge in [0.15, 0.2) is 0 Å². The molecule has 1 aromatic heterocycles. The lowest BCUT2D eigenvalue weighted by Gasteiger charge is -2.10. The first-order valence-corrected chi connectivity index (χ1v) is 11.7. The second-order valence-electron chi connectivity index (χ2n) is 6.69. The third-order valence-corrected chi connectivity index (χ3v) is 7.25. The highest BCUT2D eigenvalue weighted by Crippen LogP contribution is 2.22. The van der Waals surface area contributed by atoms with Crippen LogP contribution in [-0.4, -0.2) is 18.4 Å². The van der Waals surface area contributed by atoms with E-state index in [-0.39, 0.29) is 10.9 Å². The Morgan fingerprint density at radius 2 is 1.59 bits per heavy atom. The molecule has 1 heterocycles. The summed E-state index contributed by atoms with van der Waals surface area (Å²) in [5.41, 5.74) is 1.65. The summed E-state index contributed by atoms with van der Waals surface area (Å²) in [7, 11) is -3.78. The largest absolute Gasteiger partial charge is 0.296 e. The van der Waals surface area contributed by atoms with Crippen molar-refractivity contribution in [2.24, 2.45) is 0 Å². The van der Waals surface area contributed by atoms with E-state index in [4.69, 9.17) is 0 Å². The zero-order valence-electron chi connectivity index (χ0n) is 15.3. The lowest BCUT2D eigenvalue weighted by molar-refractivity contribution is 0.584. The molecule has 0 aliphatic rings. The third kappa shape index (κ3) is 4.25. The van der Waals surface area contributed by atoms with Crippen LogP contribution in [0.1, 0.15) is 16.8 Å². The van der Waals surface area contributed by atoms with E-state index < -0.39 is 15.4 Å². The number of halogens is 1. The van der Waals surface area contributed by atoms with E-state index >= 15 is 0 Å². The summed E-state index contributed by atoms with van der Waals surface area (Å²) in [4.78, 5) is 19.2. The summed E-state index contributed by atoms with van der Waals surface area (Å²) in [6, 6.07) is 22.7. The smallest absolute Gasteiger partial charge is 0.265 e. The standard InChI is InChI=1S/C22H17IN2O3S/c23-20-19(13-17-11-6-10-16-9-4-5-12-18(16)17)24-22(25-21(20)26)29(27,28)14-15-7-2-1-3-8-15/h1-12H,13-14H2,(H,24,25,26). The fourth-order valence-corrected chi connectivity index (χ4v) is 4.95. The molecular formula is C22H17IN2O3S. The van der Waals surface area contributed by atoms with Crippen LogP contribution in [0.4, 0.5) is 0 Å². The molecule has 29 heavy (non-hydrogen) atoms. The topological polar surface area (TPSA) is 79.9 Å². The molecule has 5 nitrogen and oxygen atoms in total. The van der Waals surface area contributed by atoms with Crippen LogP contribution in [-0.2, 0) is 22.0 Å². The fraction of sp³-hybridized carbons (Fsp3) is 0.0909. The van der Waals surface area contributed by atoms with E-state index in [1.54, 1.807) is 24.3 Å². The lowest BCUT2D eigenvalue weighted by atomic mass is 10.0. The minimum atomic E-state index is -3.78. The molecular weight excluding hydrogens is 499 g/mol. The van der Waals surface area contributed by atoms with Gasteiger partial charge >= 0.3 is 0 Å². The Hall–Kier alpha value is -2.52. The Bertz CT molecular complexity index is 1340.